The summed E-state index contributed by atoms with van der Waals surface area (Å²) in [5.74, 6) is -1.14. The normalized spacial score (nSPS) is 9.76. The molecule has 0 aromatic carbocycles. The van der Waals surface area contributed by atoms with Crippen LogP contribution in [-0.4, -0.2) is 35.6 Å². The summed E-state index contributed by atoms with van der Waals surface area (Å²) < 4.78 is 0. The van der Waals surface area contributed by atoms with E-state index in [-0.39, 0.29) is 17.9 Å². The number of aromatic carboxylic acids is 1. The molecular formula is C11H15N3O3. The molecule has 1 rings (SSSR count). The molecule has 0 aliphatic carbocycles. The molecule has 0 spiro atoms. The molecule has 1 aromatic heterocycles. The Morgan fingerprint density at radius 2 is 2.18 bits per heavy atom. The van der Waals surface area contributed by atoms with Gasteiger partial charge in [0.05, 0.1) is 5.69 Å². The van der Waals surface area contributed by atoms with Gasteiger partial charge in [0, 0.05) is 31.9 Å². The number of aryl methyl sites for hydroxylation is 1. The van der Waals surface area contributed by atoms with Crippen molar-refractivity contribution in [1.29, 1.82) is 0 Å². The third-order valence-corrected chi connectivity index (χ3v) is 2.22. The molecule has 1 aromatic rings. The zero-order chi connectivity index (χ0) is 12.8. The molecule has 0 unspecified atom stereocenters. The largest absolute Gasteiger partial charge is 0.478 e. The molecule has 1 amide bonds. The van der Waals surface area contributed by atoms with Crippen LogP contribution < -0.4 is 10.6 Å². The van der Waals surface area contributed by atoms with E-state index in [2.05, 4.69) is 15.6 Å². The minimum Gasteiger partial charge on any atom is -0.478 e. The van der Waals surface area contributed by atoms with E-state index in [0.29, 0.717) is 12.2 Å². The van der Waals surface area contributed by atoms with Gasteiger partial charge in [-0.05, 0) is 13.0 Å². The second-order valence-electron chi connectivity index (χ2n) is 3.53. The van der Waals surface area contributed by atoms with E-state index in [0.717, 1.165) is 5.69 Å². The Kier molecular flexibility index (Phi) is 4.45. The van der Waals surface area contributed by atoms with Gasteiger partial charge in [-0.25, -0.2) is 4.79 Å². The molecule has 1 heterocycles. The average Bonchev–Trinajstić information content (AvgIpc) is 2.28. The smallest absolute Gasteiger partial charge is 0.339 e. The summed E-state index contributed by atoms with van der Waals surface area (Å²) in [5.41, 5.74) is 1.30. The standard InChI is InChI=1S/C11H15N3O3/c1-7-5-9(8(6-14-7)11(16)17)13-4-3-10(15)12-2/h5-6H,3-4H2,1-2H3,(H,12,15)(H,13,14)(H,16,17). The molecule has 6 heteroatoms. The number of anilines is 1. The summed E-state index contributed by atoms with van der Waals surface area (Å²) in [5, 5.41) is 14.4. The number of hydrogen-bond acceptors (Lipinski definition) is 4. The fraction of sp³-hybridized carbons (Fsp3) is 0.364. The van der Waals surface area contributed by atoms with Crippen LogP contribution in [0.25, 0.3) is 0 Å². The van der Waals surface area contributed by atoms with Gasteiger partial charge >= 0.3 is 5.97 Å². The number of nitrogens with zero attached hydrogens (tertiary/aromatic N) is 1. The van der Waals surface area contributed by atoms with E-state index in [1.165, 1.54) is 6.20 Å². The number of carboxylic acid groups (broad SMARTS) is 1. The van der Waals surface area contributed by atoms with E-state index in [1.807, 2.05) is 0 Å². The molecule has 0 saturated heterocycles. The van der Waals surface area contributed by atoms with Crippen molar-refractivity contribution in [3.05, 3.63) is 23.5 Å². The SMILES string of the molecule is CNC(=O)CCNc1cc(C)ncc1C(=O)O. The van der Waals surface area contributed by atoms with Gasteiger partial charge < -0.3 is 15.7 Å². The maximum Gasteiger partial charge on any atom is 0.339 e. The number of nitrogens with one attached hydrogen (secondary N) is 2. The molecular weight excluding hydrogens is 222 g/mol. The topological polar surface area (TPSA) is 91.3 Å². The van der Waals surface area contributed by atoms with Crippen LogP contribution in [0.1, 0.15) is 22.5 Å². The summed E-state index contributed by atoms with van der Waals surface area (Å²) in [6.45, 7) is 2.15. The Morgan fingerprint density at radius 3 is 2.76 bits per heavy atom. The third kappa shape index (κ3) is 3.75. The molecule has 0 atom stereocenters. The Labute approximate surface area is 99.1 Å². The number of carboxylic acids is 1. The van der Waals surface area contributed by atoms with Gasteiger partial charge in [0.15, 0.2) is 0 Å². The first-order valence-corrected chi connectivity index (χ1v) is 5.19. The zero-order valence-electron chi connectivity index (χ0n) is 9.78. The molecule has 3 N–H and O–H groups in total. The highest BCUT2D eigenvalue weighted by Gasteiger charge is 2.10. The van der Waals surface area contributed by atoms with Crippen LogP contribution in [0.4, 0.5) is 5.69 Å². The molecule has 0 bridgehead atoms. The third-order valence-electron chi connectivity index (χ3n) is 2.22. The van der Waals surface area contributed by atoms with Crippen LogP contribution in [0.2, 0.25) is 0 Å². The second kappa shape index (κ2) is 5.83. The number of amides is 1. The molecule has 17 heavy (non-hydrogen) atoms. The fourth-order valence-corrected chi connectivity index (χ4v) is 1.31. The number of pyridine rings is 1. The van der Waals surface area contributed by atoms with Crippen LogP contribution in [0.5, 0.6) is 0 Å². The highest BCUT2D eigenvalue weighted by molar-refractivity contribution is 5.93. The van der Waals surface area contributed by atoms with E-state index in [9.17, 15) is 9.59 Å². The first-order valence-electron chi connectivity index (χ1n) is 5.19. The van der Waals surface area contributed by atoms with Gasteiger partial charge in [-0.1, -0.05) is 0 Å². The van der Waals surface area contributed by atoms with E-state index in [4.69, 9.17) is 5.11 Å². The highest BCUT2D eigenvalue weighted by atomic mass is 16.4. The molecule has 0 aliphatic rings. The highest BCUT2D eigenvalue weighted by Crippen LogP contribution is 2.15. The Balaban J connectivity index is 2.72. The van der Waals surface area contributed by atoms with Crippen molar-refractivity contribution >= 4 is 17.6 Å². The Bertz CT molecular complexity index is 432. The van der Waals surface area contributed by atoms with Gasteiger partial charge in [0.2, 0.25) is 5.91 Å². The van der Waals surface area contributed by atoms with E-state index < -0.39 is 5.97 Å². The lowest BCUT2D eigenvalue weighted by Gasteiger charge is -2.09. The van der Waals surface area contributed by atoms with Crippen LogP contribution in [0.15, 0.2) is 12.3 Å². The Hall–Kier alpha value is -2.11. The summed E-state index contributed by atoms with van der Waals surface area (Å²) in [4.78, 5) is 25.9. The van der Waals surface area contributed by atoms with Crippen molar-refractivity contribution in [2.75, 3.05) is 18.9 Å². The quantitative estimate of drug-likeness (QED) is 0.699. The number of carbonyl (C=O) groups is 2. The number of rotatable bonds is 5. The van der Waals surface area contributed by atoms with Gasteiger partial charge in [-0.2, -0.15) is 0 Å². The van der Waals surface area contributed by atoms with E-state index >= 15 is 0 Å². The lowest BCUT2D eigenvalue weighted by molar-refractivity contribution is -0.120. The summed E-state index contributed by atoms with van der Waals surface area (Å²) in [6, 6.07) is 1.65. The lowest BCUT2D eigenvalue weighted by atomic mass is 10.2. The maximum atomic E-state index is 11.0. The van der Waals surface area contributed by atoms with Gasteiger partial charge in [0.1, 0.15) is 5.56 Å². The van der Waals surface area contributed by atoms with E-state index in [1.54, 1.807) is 20.0 Å². The zero-order valence-corrected chi connectivity index (χ0v) is 9.78. The van der Waals surface area contributed by atoms with Crippen LogP contribution >= 0.6 is 0 Å². The minimum absolute atomic E-state index is 0.0971. The molecule has 0 radical (unpaired) electrons. The fourth-order valence-electron chi connectivity index (χ4n) is 1.31. The molecule has 6 nitrogen and oxygen atoms in total. The van der Waals surface area contributed by atoms with Crippen molar-refractivity contribution in [3.8, 4) is 0 Å². The van der Waals surface area contributed by atoms with Crippen LogP contribution in [-0.2, 0) is 4.79 Å². The molecule has 0 saturated carbocycles. The lowest BCUT2D eigenvalue weighted by Crippen LogP contribution is -2.21. The minimum atomic E-state index is -1.04. The second-order valence-corrected chi connectivity index (χ2v) is 3.53. The first kappa shape index (κ1) is 13.0. The predicted octanol–water partition coefficient (Wildman–Crippen LogP) is 0.636. The van der Waals surface area contributed by atoms with Crippen LogP contribution in [0, 0.1) is 6.92 Å². The van der Waals surface area contributed by atoms with Crippen molar-refractivity contribution in [2.45, 2.75) is 13.3 Å². The molecule has 92 valence electrons. The van der Waals surface area contributed by atoms with Crippen molar-refractivity contribution in [2.24, 2.45) is 0 Å². The van der Waals surface area contributed by atoms with Crippen molar-refractivity contribution in [3.63, 3.8) is 0 Å². The first-order chi connectivity index (χ1) is 8.04. The number of hydrogen-bond donors (Lipinski definition) is 3. The van der Waals surface area contributed by atoms with Crippen molar-refractivity contribution < 1.29 is 14.7 Å². The Morgan fingerprint density at radius 1 is 1.47 bits per heavy atom. The average molecular weight is 237 g/mol. The van der Waals surface area contributed by atoms with Gasteiger partial charge in [0.25, 0.3) is 0 Å². The molecule has 0 fully saturated rings. The predicted molar refractivity (Wildman–Crippen MR) is 63.1 cm³/mol. The monoisotopic (exact) mass is 237 g/mol. The van der Waals surface area contributed by atoms with Crippen LogP contribution in [0.3, 0.4) is 0 Å². The maximum absolute atomic E-state index is 11.0. The summed E-state index contributed by atoms with van der Waals surface area (Å²) in [6.07, 6.45) is 1.59. The summed E-state index contributed by atoms with van der Waals surface area (Å²) >= 11 is 0. The summed E-state index contributed by atoms with van der Waals surface area (Å²) in [7, 11) is 1.56. The number of carbonyl (C=O) groups excluding carboxylic acids is 1. The van der Waals surface area contributed by atoms with Crippen molar-refractivity contribution in [1.82, 2.24) is 10.3 Å². The number of aromatic nitrogens is 1. The van der Waals surface area contributed by atoms with Gasteiger partial charge in [-0.3, -0.25) is 9.78 Å². The van der Waals surface area contributed by atoms with Gasteiger partial charge in [-0.15, -0.1) is 0 Å². The molecule has 0 aliphatic heterocycles.